The molecule has 1 aromatic rings. The lowest BCUT2D eigenvalue weighted by Crippen LogP contribution is -2.42. The number of piperidine rings is 1. The van der Waals surface area contributed by atoms with Gasteiger partial charge in [0.25, 0.3) is 0 Å². The Morgan fingerprint density at radius 1 is 1.29 bits per heavy atom. The van der Waals surface area contributed by atoms with Gasteiger partial charge in [0.2, 0.25) is 0 Å². The fraction of sp³-hybridized carbons (Fsp3) is 0.385. The van der Waals surface area contributed by atoms with Crippen LogP contribution < -0.4 is 5.32 Å². The Morgan fingerprint density at radius 3 is 2.48 bits per heavy atom. The van der Waals surface area contributed by atoms with Gasteiger partial charge in [-0.15, -0.1) is 0 Å². The van der Waals surface area contributed by atoms with Gasteiger partial charge in [-0.1, -0.05) is 0 Å². The number of anilines is 1. The van der Waals surface area contributed by atoms with Crippen LogP contribution in [0.15, 0.2) is 16.6 Å². The van der Waals surface area contributed by atoms with E-state index in [0.717, 1.165) is 6.07 Å². The van der Waals surface area contributed by atoms with Gasteiger partial charge in [-0.25, -0.2) is 13.6 Å². The molecule has 0 bridgehead atoms. The van der Waals surface area contributed by atoms with Gasteiger partial charge in [0.1, 0.15) is 11.6 Å². The highest BCUT2D eigenvalue weighted by Crippen LogP contribution is 2.27. The third-order valence-corrected chi connectivity index (χ3v) is 4.17. The third kappa shape index (κ3) is 3.69. The number of halogens is 3. The van der Waals surface area contributed by atoms with Crippen molar-refractivity contribution < 1.29 is 23.5 Å². The van der Waals surface area contributed by atoms with Crippen molar-refractivity contribution >= 4 is 33.6 Å². The molecule has 5 nitrogen and oxygen atoms in total. The Kier molecular flexibility index (Phi) is 4.76. The van der Waals surface area contributed by atoms with Crippen LogP contribution in [0.3, 0.4) is 0 Å². The fourth-order valence-electron chi connectivity index (χ4n) is 2.17. The first-order valence-electron chi connectivity index (χ1n) is 6.31. The number of hydrogen-bond acceptors (Lipinski definition) is 2. The van der Waals surface area contributed by atoms with Gasteiger partial charge in [0.05, 0.1) is 16.1 Å². The molecule has 1 aromatic carbocycles. The first-order valence-corrected chi connectivity index (χ1v) is 7.11. The summed E-state index contributed by atoms with van der Waals surface area (Å²) in [7, 11) is 0. The highest BCUT2D eigenvalue weighted by molar-refractivity contribution is 9.10. The quantitative estimate of drug-likeness (QED) is 0.794. The number of aliphatic carboxylic acids is 1. The first-order chi connectivity index (χ1) is 9.88. The van der Waals surface area contributed by atoms with Gasteiger partial charge in [0.15, 0.2) is 0 Å². The molecule has 2 rings (SSSR count). The van der Waals surface area contributed by atoms with Gasteiger partial charge in [-0.2, -0.15) is 0 Å². The number of carboxylic acid groups (broad SMARTS) is 1. The van der Waals surface area contributed by atoms with Gasteiger partial charge in [-0.05, 0) is 34.8 Å². The summed E-state index contributed by atoms with van der Waals surface area (Å²) in [5, 5.41) is 11.3. The topological polar surface area (TPSA) is 69.6 Å². The highest BCUT2D eigenvalue weighted by atomic mass is 79.9. The number of carboxylic acids is 1. The molecule has 0 radical (unpaired) electrons. The smallest absolute Gasteiger partial charge is 0.321 e. The summed E-state index contributed by atoms with van der Waals surface area (Å²) in [5.74, 6) is -2.93. The number of nitrogens with zero attached hydrogens (tertiary/aromatic N) is 1. The lowest BCUT2D eigenvalue weighted by atomic mass is 9.97. The molecular weight excluding hydrogens is 350 g/mol. The van der Waals surface area contributed by atoms with E-state index in [4.69, 9.17) is 5.11 Å². The molecule has 1 fully saturated rings. The number of benzene rings is 1. The van der Waals surface area contributed by atoms with Crippen LogP contribution in [0.4, 0.5) is 19.3 Å². The van der Waals surface area contributed by atoms with E-state index in [1.54, 1.807) is 0 Å². The summed E-state index contributed by atoms with van der Waals surface area (Å²) in [6.45, 7) is 0.580. The van der Waals surface area contributed by atoms with E-state index in [-0.39, 0.29) is 23.2 Å². The molecule has 2 N–H and O–H groups in total. The van der Waals surface area contributed by atoms with E-state index >= 15 is 0 Å². The van der Waals surface area contributed by atoms with Crippen molar-refractivity contribution in [3.63, 3.8) is 0 Å². The molecule has 0 unspecified atom stereocenters. The zero-order valence-electron chi connectivity index (χ0n) is 10.9. The van der Waals surface area contributed by atoms with E-state index in [0.29, 0.717) is 18.9 Å². The predicted molar refractivity (Wildman–Crippen MR) is 75.0 cm³/mol. The summed E-state index contributed by atoms with van der Waals surface area (Å²) in [5.41, 5.74) is -0.00198. The van der Waals surface area contributed by atoms with Gasteiger partial charge >= 0.3 is 12.0 Å². The lowest BCUT2D eigenvalue weighted by molar-refractivity contribution is -0.143. The monoisotopic (exact) mass is 362 g/mol. The van der Waals surface area contributed by atoms with Crippen molar-refractivity contribution in [1.82, 2.24) is 4.90 Å². The molecule has 0 aromatic heterocycles. The van der Waals surface area contributed by atoms with Crippen LogP contribution >= 0.6 is 15.9 Å². The van der Waals surface area contributed by atoms with Crippen LogP contribution in [0.1, 0.15) is 12.8 Å². The highest BCUT2D eigenvalue weighted by Gasteiger charge is 2.27. The zero-order chi connectivity index (χ0) is 15.6. The number of amides is 2. The zero-order valence-corrected chi connectivity index (χ0v) is 12.5. The molecule has 114 valence electrons. The Balaban J connectivity index is 2.01. The second-order valence-electron chi connectivity index (χ2n) is 4.78. The van der Waals surface area contributed by atoms with Crippen molar-refractivity contribution in [1.29, 1.82) is 0 Å². The van der Waals surface area contributed by atoms with Crippen LogP contribution in [0, 0.1) is 17.6 Å². The largest absolute Gasteiger partial charge is 0.481 e. The number of nitrogens with one attached hydrogen (secondary N) is 1. The van der Waals surface area contributed by atoms with Crippen LogP contribution in [0.2, 0.25) is 0 Å². The van der Waals surface area contributed by atoms with Gasteiger partial charge in [0, 0.05) is 19.2 Å². The van der Waals surface area contributed by atoms with Crippen LogP contribution in [-0.4, -0.2) is 35.1 Å². The summed E-state index contributed by atoms with van der Waals surface area (Å²) in [6, 6.07) is 1.21. The molecule has 8 heteroatoms. The van der Waals surface area contributed by atoms with E-state index < -0.39 is 29.6 Å². The molecule has 1 saturated heterocycles. The molecule has 1 heterocycles. The molecule has 0 atom stereocenters. The molecule has 1 aliphatic heterocycles. The molecule has 0 saturated carbocycles. The SMILES string of the molecule is O=C(O)C1CCN(C(=O)Nc2cc(F)cc(F)c2Br)CC1. The third-order valence-electron chi connectivity index (χ3n) is 3.37. The van der Waals surface area contributed by atoms with E-state index in [9.17, 15) is 18.4 Å². The van der Waals surface area contributed by atoms with E-state index in [1.165, 1.54) is 4.90 Å². The second-order valence-corrected chi connectivity index (χ2v) is 5.57. The average molecular weight is 363 g/mol. The number of carbonyl (C=O) groups excluding carboxylic acids is 1. The molecule has 1 aliphatic rings. The summed E-state index contributed by atoms with van der Waals surface area (Å²) >= 11 is 2.94. The summed E-state index contributed by atoms with van der Waals surface area (Å²) in [6.07, 6.45) is 0.725. The van der Waals surface area contributed by atoms with Crippen molar-refractivity contribution in [2.24, 2.45) is 5.92 Å². The Bertz CT molecular complexity index is 575. The van der Waals surface area contributed by atoms with Crippen molar-refractivity contribution in [3.05, 3.63) is 28.2 Å². The molecular formula is C13H13BrF2N2O3. The van der Waals surface area contributed by atoms with E-state index in [2.05, 4.69) is 21.2 Å². The Hall–Kier alpha value is -1.70. The van der Waals surface area contributed by atoms with Crippen LogP contribution in [0.25, 0.3) is 0 Å². The van der Waals surface area contributed by atoms with Gasteiger partial charge in [-0.3, -0.25) is 4.79 Å². The number of hydrogen-bond donors (Lipinski definition) is 2. The van der Waals surface area contributed by atoms with Crippen molar-refractivity contribution in [2.75, 3.05) is 18.4 Å². The minimum absolute atomic E-state index is 0.00198. The van der Waals surface area contributed by atoms with E-state index in [1.807, 2.05) is 0 Å². The minimum Gasteiger partial charge on any atom is -0.481 e. The minimum atomic E-state index is -0.870. The maximum Gasteiger partial charge on any atom is 0.321 e. The fourth-order valence-corrected chi connectivity index (χ4v) is 2.50. The maximum atomic E-state index is 13.4. The molecule has 2 amide bonds. The number of carbonyl (C=O) groups is 2. The molecule has 0 aliphatic carbocycles. The van der Waals surface area contributed by atoms with Crippen molar-refractivity contribution in [3.8, 4) is 0 Å². The molecule has 21 heavy (non-hydrogen) atoms. The first kappa shape index (κ1) is 15.7. The van der Waals surface area contributed by atoms with Crippen molar-refractivity contribution in [2.45, 2.75) is 12.8 Å². The summed E-state index contributed by atoms with van der Waals surface area (Å²) in [4.78, 5) is 24.3. The number of likely N-dealkylation sites (tertiary alicyclic amines) is 1. The van der Waals surface area contributed by atoms with Gasteiger partial charge < -0.3 is 15.3 Å². The second kappa shape index (κ2) is 6.38. The standard InChI is InChI=1S/C13H13BrF2N2O3/c14-11-9(16)5-8(15)6-10(11)17-13(21)18-3-1-7(2-4-18)12(19)20/h5-7H,1-4H2,(H,17,21)(H,19,20). The normalized spacial score (nSPS) is 15.9. The van der Waals surface area contributed by atoms with Crippen LogP contribution in [0.5, 0.6) is 0 Å². The Labute approximate surface area is 128 Å². The number of rotatable bonds is 2. The number of urea groups is 1. The summed E-state index contributed by atoms with van der Waals surface area (Å²) < 4.78 is 26.5. The van der Waals surface area contributed by atoms with Crippen LogP contribution in [-0.2, 0) is 4.79 Å². The maximum absolute atomic E-state index is 13.4. The predicted octanol–water partition coefficient (Wildman–Crippen LogP) is 3.06. The lowest BCUT2D eigenvalue weighted by Gasteiger charge is -2.30. The molecule has 0 spiro atoms. The Morgan fingerprint density at radius 2 is 1.90 bits per heavy atom. The average Bonchev–Trinajstić information content (AvgIpc) is 2.44.